The first-order valence-electron chi connectivity index (χ1n) is 5.17. The van der Waals surface area contributed by atoms with E-state index in [9.17, 15) is 14.3 Å². The zero-order chi connectivity index (χ0) is 13.3. The molecular formula is C12H10ClFN2O2. The second-order valence-corrected chi connectivity index (χ2v) is 4.12. The molecule has 0 aliphatic heterocycles. The third kappa shape index (κ3) is 2.09. The van der Waals surface area contributed by atoms with Crippen LogP contribution in [0.1, 0.15) is 11.3 Å². The molecule has 1 N–H and O–H groups in total. The number of aromatic nitrogens is 2. The molecule has 0 aromatic carbocycles. The predicted octanol–water partition coefficient (Wildman–Crippen LogP) is 2.37. The second kappa shape index (κ2) is 4.78. The first-order chi connectivity index (χ1) is 8.54. The van der Waals surface area contributed by atoms with Crippen LogP contribution >= 0.6 is 11.6 Å². The summed E-state index contributed by atoms with van der Waals surface area (Å²) >= 11 is 5.75. The van der Waals surface area contributed by atoms with E-state index in [4.69, 9.17) is 11.6 Å². The Labute approximate surface area is 107 Å². The molecule has 0 spiro atoms. The summed E-state index contributed by atoms with van der Waals surface area (Å²) < 4.78 is 14.1. The third-order valence-corrected chi connectivity index (χ3v) is 2.87. The maximum absolute atomic E-state index is 12.8. The van der Waals surface area contributed by atoms with Gasteiger partial charge in [0.2, 0.25) is 0 Å². The molecule has 0 aliphatic rings. The van der Waals surface area contributed by atoms with Crippen LogP contribution in [0, 0.1) is 6.92 Å². The summed E-state index contributed by atoms with van der Waals surface area (Å²) in [4.78, 5) is 15.7. The van der Waals surface area contributed by atoms with Crippen molar-refractivity contribution in [2.45, 2.75) is 13.6 Å². The molecule has 0 fully saturated rings. The summed E-state index contributed by atoms with van der Waals surface area (Å²) in [5.74, 6) is -0.337. The van der Waals surface area contributed by atoms with Crippen LogP contribution < -0.4 is 5.56 Å². The van der Waals surface area contributed by atoms with Gasteiger partial charge in [-0.25, -0.2) is 9.37 Å². The van der Waals surface area contributed by atoms with E-state index in [0.29, 0.717) is 11.4 Å². The van der Waals surface area contributed by atoms with Crippen molar-refractivity contribution in [2.75, 3.05) is 0 Å². The Balaban J connectivity index is 2.76. The van der Waals surface area contributed by atoms with Gasteiger partial charge in [0, 0.05) is 23.5 Å². The van der Waals surface area contributed by atoms with E-state index in [0.717, 1.165) is 6.07 Å². The molecule has 4 nitrogen and oxygen atoms in total. The fourth-order valence-electron chi connectivity index (χ4n) is 1.77. The lowest BCUT2D eigenvalue weighted by atomic mass is 10.2. The summed E-state index contributed by atoms with van der Waals surface area (Å²) in [6, 6.07) is 4.06. The molecule has 0 unspecified atom stereocenters. The average molecular weight is 269 g/mol. The minimum Gasteiger partial charge on any atom is -0.507 e. The molecule has 0 radical (unpaired) electrons. The maximum Gasteiger partial charge on any atom is 0.259 e. The Morgan fingerprint density at radius 2 is 2.22 bits per heavy atom. The molecular weight excluding hydrogens is 259 g/mol. The Kier molecular flexibility index (Phi) is 3.34. The molecule has 2 rings (SSSR count). The number of hydrogen-bond donors (Lipinski definition) is 1. The largest absolute Gasteiger partial charge is 0.507 e. The van der Waals surface area contributed by atoms with Crippen molar-refractivity contribution < 1.29 is 9.50 Å². The zero-order valence-corrected chi connectivity index (χ0v) is 10.3. The van der Waals surface area contributed by atoms with E-state index < -0.39 is 12.2 Å². The fraction of sp³-hybridized carbons (Fsp3) is 0.167. The molecule has 18 heavy (non-hydrogen) atoms. The molecule has 2 aromatic heterocycles. The Morgan fingerprint density at radius 1 is 1.50 bits per heavy atom. The topological polar surface area (TPSA) is 55.1 Å². The van der Waals surface area contributed by atoms with E-state index in [1.165, 1.54) is 16.8 Å². The first-order valence-corrected chi connectivity index (χ1v) is 5.54. The quantitative estimate of drug-likeness (QED) is 0.851. The van der Waals surface area contributed by atoms with Gasteiger partial charge < -0.3 is 5.11 Å². The van der Waals surface area contributed by atoms with Crippen LogP contribution in [0.2, 0.25) is 5.15 Å². The minimum absolute atomic E-state index is 0.0857. The van der Waals surface area contributed by atoms with Crippen LogP contribution in [0.4, 0.5) is 4.39 Å². The van der Waals surface area contributed by atoms with Crippen molar-refractivity contribution in [3.8, 4) is 11.4 Å². The van der Waals surface area contributed by atoms with Crippen LogP contribution in [0.3, 0.4) is 0 Å². The molecule has 2 heterocycles. The summed E-state index contributed by atoms with van der Waals surface area (Å²) in [7, 11) is 0. The van der Waals surface area contributed by atoms with Gasteiger partial charge in [-0.15, -0.1) is 0 Å². The summed E-state index contributed by atoms with van der Waals surface area (Å²) in [6.07, 6.45) is 1.45. The number of pyridine rings is 2. The van der Waals surface area contributed by atoms with Gasteiger partial charge in [-0.1, -0.05) is 11.6 Å². The maximum atomic E-state index is 12.8. The summed E-state index contributed by atoms with van der Waals surface area (Å²) in [5.41, 5.74) is 0.448. The van der Waals surface area contributed by atoms with E-state index in [-0.39, 0.29) is 16.5 Å². The molecule has 0 saturated heterocycles. The van der Waals surface area contributed by atoms with E-state index in [1.54, 1.807) is 13.0 Å². The Bertz CT molecular complexity index is 655. The van der Waals surface area contributed by atoms with Crippen molar-refractivity contribution in [3.63, 3.8) is 0 Å². The summed E-state index contributed by atoms with van der Waals surface area (Å²) in [6.45, 7) is 0.709. The molecule has 0 amide bonds. The SMILES string of the molecule is Cc1c(CF)c(O)cc(=O)n1-c1ccnc(Cl)c1. The fourth-order valence-corrected chi connectivity index (χ4v) is 1.94. The number of rotatable bonds is 2. The number of hydrogen-bond acceptors (Lipinski definition) is 3. The molecule has 0 atom stereocenters. The molecule has 0 bridgehead atoms. The van der Waals surface area contributed by atoms with E-state index >= 15 is 0 Å². The molecule has 6 heteroatoms. The Hall–Kier alpha value is -1.88. The summed E-state index contributed by atoms with van der Waals surface area (Å²) in [5, 5.41) is 9.74. The predicted molar refractivity (Wildman–Crippen MR) is 66.1 cm³/mol. The van der Waals surface area contributed by atoms with E-state index in [2.05, 4.69) is 4.98 Å². The monoisotopic (exact) mass is 268 g/mol. The highest BCUT2D eigenvalue weighted by molar-refractivity contribution is 6.29. The number of alkyl halides is 1. The minimum atomic E-state index is -0.850. The molecule has 94 valence electrons. The van der Waals surface area contributed by atoms with Crippen molar-refractivity contribution in [2.24, 2.45) is 0 Å². The first kappa shape index (κ1) is 12.6. The standard InChI is InChI=1S/C12H10ClFN2O2/c1-7-9(6-14)10(17)5-12(18)16(7)8-2-3-15-11(13)4-8/h2-5,17H,6H2,1H3. The second-order valence-electron chi connectivity index (χ2n) is 3.74. The lowest BCUT2D eigenvalue weighted by Gasteiger charge is -2.13. The molecule has 0 aliphatic carbocycles. The van der Waals surface area contributed by atoms with Crippen molar-refractivity contribution in [1.82, 2.24) is 9.55 Å². The van der Waals surface area contributed by atoms with Crippen LogP contribution in [-0.2, 0) is 6.67 Å². The van der Waals surface area contributed by atoms with Gasteiger partial charge >= 0.3 is 0 Å². The van der Waals surface area contributed by atoms with Gasteiger partial charge in [-0.05, 0) is 19.1 Å². The van der Waals surface area contributed by atoms with Gasteiger partial charge in [0.25, 0.3) is 5.56 Å². The highest BCUT2D eigenvalue weighted by atomic mass is 35.5. The molecule has 0 saturated carbocycles. The van der Waals surface area contributed by atoms with Crippen LogP contribution in [0.15, 0.2) is 29.2 Å². The van der Waals surface area contributed by atoms with Crippen molar-refractivity contribution in [1.29, 1.82) is 0 Å². The highest BCUT2D eigenvalue weighted by Gasteiger charge is 2.13. The lowest BCUT2D eigenvalue weighted by molar-refractivity contribution is 0.427. The van der Waals surface area contributed by atoms with Gasteiger partial charge in [0.15, 0.2) is 0 Å². The molecule has 2 aromatic rings. The number of halogens is 2. The highest BCUT2D eigenvalue weighted by Crippen LogP contribution is 2.22. The van der Waals surface area contributed by atoms with E-state index in [1.807, 2.05) is 0 Å². The Morgan fingerprint density at radius 3 is 2.83 bits per heavy atom. The lowest BCUT2D eigenvalue weighted by Crippen LogP contribution is -2.21. The van der Waals surface area contributed by atoms with Gasteiger partial charge in [-0.2, -0.15) is 0 Å². The van der Waals surface area contributed by atoms with Gasteiger partial charge in [0.05, 0.1) is 5.69 Å². The third-order valence-electron chi connectivity index (χ3n) is 2.66. The van der Waals surface area contributed by atoms with Crippen molar-refractivity contribution in [3.05, 3.63) is 51.2 Å². The van der Waals surface area contributed by atoms with Gasteiger partial charge in [0.1, 0.15) is 17.6 Å². The average Bonchev–Trinajstić information content (AvgIpc) is 2.28. The normalized spacial score (nSPS) is 10.6. The van der Waals surface area contributed by atoms with Crippen LogP contribution in [0.5, 0.6) is 5.75 Å². The number of nitrogens with zero attached hydrogens (tertiary/aromatic N) is 2. The smallest absolute Gasteiger partial charge is 0.259 e. The van der Waals surface area contributed by atoms with Crippen molar-refractivity contribution >= 4 is 11.6 Å². The zero-order valence-electron chi connectivity index (χ0n) is 9.52. The van der Waals surface area contributed by atoms with Gasteiger partial charge in [-0.3, -0.25) is 9.36 Å². The number of aromatic hydroxyl groups is 1. The van der Waals surface area contributed by atoms with Crippen LogP contribution in [0.25, 0.3) is 5.69 Å². The van der Waals surface area contributed by atoms with Crippen LogP contribution in [-0.4, -0.2) is 14.7 Å².